The van der Waals surface area contributed by atoms with Crippen molar-refractivity contribution >= 4 is 10.9 Å². The lowest BCUT2D eigenvalue weighted by molar-refractivity contribution is 0.200. The standard InChI is InChI=1S/C14H17NO/c1-10(16)13-9-15(8-11-6-7-11)14-5-3-2-4-12(13)14/h2-5,9-11,16H,6-8H2,1H3. The Labute approximate surface area is 95.5 Å². The zero-order valence-corrected chi connectivity index (χ0v) is 9.56. The Morgan fingerprint density at radius 2 is 2.12 bits per heavy atom. The third-order valence-electron chi connectivity index (χ3n) is 3.42. The van der Waals surface area contributed by atoms with Gasteiger partial charge in [-0.25, -0.2) is 0 Å². The van der Waals surface area contributed by atoms with Crippen LogP contribution in [0.3, 0.4) is 0 Å². The summed E-state index contributed by atoms with van der Waals surface area (Å²) in [6, 6.07) is 8.34. The van der Waals surface area contributed by atoms with Crippen molar-refractivity contribution in [2.75, 3.05) is 0 Å². The van der Waals surface area contributed by atoms with Gasteiger partial charge in [-0.3, -0.25) is 0 Å². The number of aromatic nitrogens is 1. The van der Waals surface area contributed by atoms with Crippen molar-refractivity contribution in [3.8, 4) is 0 Å². The number of fused-ring (bicyclic) bond motifs is 1. The van der Waals surface area contributed by atoms with E-state index in [0.29, 0.717) is 0 Å². The Kier molecular flexibility index (Phi) is 2.25. The molecular formula is C14H17NO. The van der Waals surface area contributed by atoms with E-state index in [9.17, 15) is 5.11 Å². The lowest BCUT2D eigenvalue weighted by Gasteiger charge is -2.02. The third-order valence-corrected chi connectivity index (χ3v) is 3.42. The summed E-state index contributed by atoms with van der Waals surface area (Å²) in [5, 5.41) is 11.0. The van der Waals surface area contributed by atoms with E-state index in [0.717, 1.165) is 18.0 Å². The molecular weight excluding hydrogens is 198 g/mol. The molecule has 84 valence electrons. The molecule has 0 saturated heterocycles. The smallest absolute Gasteiger partial charge is 0.0782 e. The first-order valence-corrected chi connectivity index (χ1v) is 6.01. The molecule has 1 aromatic carbocycles. The van der Waals surface area contributed by atoms with Gasteiger partial charge in [-0.05, 0) is 31.7 Å². The predicted octanol–water partition coefficient (Wildman–Crippen LogP) is 3.10. The molecule has 0 aliphatic heterocycles. The second-order valence-electron chi connectivity index (χ2n) is 4.87. The molecule has 1 unspecified atom stereocenters. The number of rotatable bonds is 3. The number of hydrogen-bond donors (Lipinski definition) is 1. The summed E-state index contributed by atoms with van der Waals surface area (Å²) in [6.45, 7) is 2.94. The lowest BCUT2D eigenvalue weighted by Crippen LogP contribution is -1.97. The number of nitrogens with zero attached hydrogens (tertiary/aromatic N) is 1. The van der Waals surface area contributed by atoms with Crippen molar-refractivity contribution in [3.05, 3.63) is 36.0 Å². The molecule has 1 atom stereocenters. The molecule has 1 fully saturated rings. The van der Waals surface area contributed by atoms with Gasteiger partial charge in [0.15, 0.2) is 0 Å². The normalized spacial score (nSPS) is 17.9. The van der Waals surface area contributed by atoms with Crippen LogP contribution in [0.25, 0.3) is 10.9 Å². The highest BCUT2D eigenvalue weighted by atomic mass is 16.3. The Morgan fingerprint density at radius 1 is 1.38 bits per heavy atom. The van der Waals surface area contributed by atoms with Crippen molar-refractivity contribution in [2.24, 2.45) is 5.92 Å². The minimum absolute atomic E-state index is 0.384. The van der Waals surface area contributed by atoms with Crippen LogP contribution >= 0.6 is 0 Å². The van der Waals surface area contributed by atoms with Crippen molar-refractivity contribution in [1.82, 2.24) is 4.57 Å². The molecule has 16 heavy (non-hydrogen) atoms. The SMILES string of the molecule is CC(O)c1cn(CC2CC2)c2ccccc12. The number of aliphatic hydroxyl groups excluding tert-OH is 1. The Morgan fingerprint density at radius 3 is 2.81 bits per heavy atom. The first-order valence-electron chi connectivity index (χ1n) is 6.01. The number of hydrogen-bond acceptors (Lipinski definition) is 1. The Bertz CT molecular complexity index is 508. The van der Waals surface area contributed by atoms with Gasteiger partial charge in [0.2, 0.25) is 0 Å². The van der Waals surface area contributed by atoms with Gasteiger partial charge in [0, 0.05) is 29.2 Å². The fourth-order valence-corrected chi connectivity index (χ4v) is 2.34. The van der Waals surface area contributed by atoms with Gasteiger partial charge in [-0.2, -0.15) is 0 Å². The van der Waals surface area contributed by atoms with Gasteiger partial charge in [-0.1, -0.05) is 18.2 Å². The molecule has 1 saturated carbocycles. The fraction of sp³-hybridized carbons (Fsp3) is 0.429. The van der Waals surface area contributed by atoms with Crippen LogP contribution in [0.1, 0.15) is 31.4 Å². The summed E-state index contributed by atoms with van der Waals surface area (Å²) in [5.74, 6) is 0.859. The Hall–Kier alpha value is -1.28. The monoisotopic (exact) mass is 215 g/mol. The average molecular weight is 215 g/mol. The fourth-order valence-electron chi connectivity index (χ4n) is 2.34. The molecule has 0 amide bonds. The summed E-state index contributed by atoms with van der Waals surface area (Å²) < 4.78 is 2.30. The van der Waals surface area contributed by atoms with Crippen molar-refractivity contribution in [2.45, 2.75) is 32.4 Å². The molecule has 1 aromatic heterocycles. The Balaban J connectivity index is 2.12. The van der Waals surface area contributed by atoms with Gasteiger partial charge >= 0.3 is 0 Å². The van der Waals surface area contributed by atoms with E-state index in [4.69, 9.17) is 0 Å². The van der Waals surface area contributed by atoms with Crippen molar-refractivity contribution < 1.29 is 5.11 Å². The minimum atomic E-state index is -0.384. The van der Waals surface area contributed by atoms with Gasteiger partial charge in [0.1, 0.15) is 0 Å². The summed E-state index contributed by atoms with van der Waals surface area (Å²) >= 11 is 0. The lowest BCUT2D eigenvalue weighted by atomic mass is 10.1. The molecule has 0 bridgehead atoms. The quantitative estimate of drug-likeness (QED) is 0.836. The van der Waals surface area contributed by atoms with Crippen LogP contribution in [0.2, 0.25) is 0 Å². The van der Waals surface area contributed by atoms with Crippen molar-refractivity contribution in [1.29, 1.82) is 0 Å². The summed E-state index contributed by atoms with van der Waals surface area (Å²) in [6.07, 6.45) is 4.45. The summed E-state index contributed by atoms with van der Waals surface area (Å²) in [4.78, 5) is 0. The summed E-state index contributed by atoms with van der Waals surface area (Å²) in [5.41, 5.74) is 2.31. The highest BCUT2D eigenvalue weighted by molar-refractivity contribution is 5.84. The van der Waals surface area contributed by atoms with E-state index in [1.165, 1.54) is 23.7 Å². The van der Waals surface area contributed by atoms with E-state index in [-0.39, 0.29) is 6.10 Å². The van der Waals surface area contributed by atoms with Crippen LogP contribution in [0, 0.1) is 5.92 Å². The molecule has 1 heterocycles. The van der Waals surface area contributed by atoms with E-state index < -0.39 is 0 Å². The van der Waals surface area contributed by atoms with E-state index in [1.54, 1.807) is 0 Å². The maximum Gasteiger partial charge on any atom is 0.0782 e. The van der Waals surface area contributed by atoms with Crippen LogP contribution in [0.15, 0.2) is 30.5 Å². The molecule has 2 nitrogen and oxygen atoms in total. The average Bonchev–Trinajstić information content (AvgIpc) is 3.00. The highest BCUT2D eigenvalue weighted by Crippen LogP contribution is 2.34. The maximum atomic E-state index is 9.77. The van der Waals surface area contributed by atoms with Gasteiger partial charge in [-0.15, -0.1) is 0 Å². The predicted molar refractivity (Wildman–Crippen MR) is 65.3 cm³/mol. The zero-order chi connectivity index (χ0) is 11.1. The molecule has 2 aromatic rings. The van der Waals surface area contributed by atoms with E-state index in [2.05, 4.69) is 29.0 Å². The van der Waals surface area contributed by atoms with Crippen LogP contribution in [-0.2, 0) is 6.54 Å². The van der Waals surface area contributed by atoms with E-state index >= 15 is 0 Å². The van der Waals surface area contributed by atoms with E-state index in [1.807, 2.05) is 13.0 Å². The second kappa shape index (κ2) is 3.63. The third kappa shape index (κ3) is 1.63. The molecule has 1 N–H and O–H groups in total. The molecule has 0 spiro atoms. The number of benzene rings is 1. The zero-order valence-electron chi connectivity index (χ0n) is 9.56. The second-order valence-corrected chi connectivity index (χ2v) is 4.87. The van der Waals surface area contributed by atoms with Gasteiger partial charge < -0.3 is 9.67 Å². The largest absolute Gasteiger partial charge is 0.389 e. The van der Waals surface area contributed by atoms with Crippen LogP contribution in [0.5, 0.6) is 0 Å². The van der Waals surface area contributed by atoms with Crippen LogP contribution in [-0.4, -0.2) is 9.67 Å². The first-order chi connectivity index (χ1) is 7.75. The molecule has 3 rings (SSSR count). The number of aliphatic hydroxyl groups is 1. The molecule has 1 aliphatic carbocycles. The molecule has 1 aliphatic rings. The minimum Gasteiger partial charge on any atom is -0.389 e. The van der Waals surface area contributed by atoms with Crippen molar-refractivity contribution in [3.63, 3.8) is 0 Å². The van der Waals surface area contributed by atoms with Crippen LogP contribution < -0.4 is 0 Å². The maximum absolute atomic E-state index is 9.77. The highest BCUT2D eigenvalue weighted by Gasteiger charge is 2.23. The topological polar surface area (TPSA) is 25.2 Å². The first kappa shape index (κ1) is 9.91. The van der Waals surface area contributed by atoms with Crippen LogP contribution in [0.4, 0.5) is 0 Å². The molecule has 0 radical (unpaired) electrons. The van der Waals surface area contributed by atoms with Gasteiger partial charge in [0.05, 0.1) is 6.10 Å². The number of para-hydroxylation sites is 1. The van der Waals surface area contributed by atoms with Gasteiger partial charge in [0.25, 0.3) is 0 Å². The summed E-state index contributed by atoms with van der Waals surface area (Å²) in [7, 11) is 0. The molecule has 2 heteroatoms.